The molecule has 0 radical (unpaired) electrons. The highest BCUT2D eigenvalue weighted by atomic mass is 16.5. The van der Waals surface area contributed by atoms with Crippen LogP contribution in [-0.2, 0) is 0 Å². The average molecular weight is 303 g/mol. The van der Waals surface area contributed by atoms with Gasteiger partial charge in [0.05, 0.1) is 11.9 Å². The molecule has 6 nitrogen and oxygen atoms in total. The molecule has 0 spiro atoms. The molecule has 0 fully saturated rings. The lowest BCUT2D eigenvalue weighted by Crippen LogP contribution is -1.96. The van der Waals surface area contributed by atoms with Gasteiger partial charge in [-0.3, -0.25) is 0 Å². The molecule has 4 rings (SSSR count). The third kappa shape index (κ3) is 2.50. The van der Waals surface area contributed by atoms with Crippen LogP contribution >= 0.6 is 0 Å². The average Bonchev–Trinajstić information content (AvgIpc) is 3.25. The van der Waals surface area contributed by atoms with Crippen molar-refractivity contribution in [3.63, 3.8) is 0 Å². The van der Waals surface area contributed by atoms with E-state index >= 15 is 0 Å². The first-order valence-electron chi connectivity index (χ1n) is 7.19. The Morgan fingerprint density at radius 3 is 2.57 bits per heavy atom. The van der Waals surface area contributed by atoms with Crippen molar-refractivity contribution < 1.29 is 4.52 Å². The van der Waals surface area contributed by atoms with Crippen molar-refractivity contribution in [1.82, 2.24) is 25.1 Å². The molecule has 4 aromatic rings. The number of rotatable bonds is 3. The van der Waals surface area contributed by atoms with Crippen LogP contribution in [0.2, 0.25) is 0 Å². The van der Waals surface area contributed by atoms with E-state index in [9.17, 15) is 0 Å². The Morgan fingerprint density at radius 1 is 0.957 bits per heavy atom. The van der Waals surface area contributed by atoms with E-state index in [0.717, 1.165) is 16.8 Å². The fourth-order valence-corrected chi connectivity index (χ4v) is 2.33. The smallest absolute Gasteiger partial charge is 0.280 e. The van der Waals surface area contributed by atoms with Crippen LogP contribution in [-0.4, -0.2) is 25.1 Å². The summed E-state index contributed by atoms with van der Waals surface area (Å²) in [5, 5.41) is 12.3. The second-order valence-electron chi connectivity index (χ2n) is 5.12. The third-order valence-electron chi connectivity index (χ3n) is 3.53. The fourth-order valence-electron chi connectivity index (χ4n) is 2.33. The molecule has 0 atom stereocenters. The zero-order chi connectivity index (χ0) is 15.6. The second-order valence-corrected chi connectivity index (χ2v) is 5.12. The summed E-state index contributed by atoms with van der Waals surface area (Å²) in [6.07, 6.45) is 1.78. The predicted molar refractivity (Wildman–Crippen MR) is 84.8 cm³/mol. The molecule has 0 aliphatic carbocycles. The molecule has 0 aliphatic heterocycles. The molecular weight excluding hydrogens is 290 g/mol. The zero-order valence-electron chi connectivity index (χ0n) is 12.4. The minimum absolute atomic E-state index is 0.351. The van der Waals surface area contributed by atoms with E-state index < -0.39 is 0 Å². The van der Waals surface area contributed by atoms with E-state index in [-0.39, 0.29) is 0 Å². The molecule has 0 amide bonds. The van der Waals surface area contributed by atoms with Gasteiger partial charge < -0.3 is 4.52 Å². The van der Waals surface area contributed by atoms with Crippen LogP contribution in [0.1, 0.15) is 5.56 Å². The van der Waals surface area contributed by atoms with E-state index in [1.807, 2.05) is 61.5 Å². The van der Waals surface area contributed by atoms with Gasteiger partial charge in [0.25, 0.3) is 5.89 Å². The Labute approximate surface area is 132 Å². The highest BCUT2D eigenvalue weighted by molar-refractivity contribution is 5.57. The van der Waals surface area contributed by atoms with Crippen LogP contribution in [0.15, 0.2) is 65.3 Å². The highest BCUT2D eigenvalue weighted by Crippen LogP contribution is 2.21. The lowest BCUT2D eigenvalue weighted by atomic mass is 10.2. The SMILES string of the molecule is Cc1ccccc1-n1cc(-c2nc(-c3ccccc3)no2)nn1. The summed E-state index contributed by atoms with van der Waals surface area (Å²) < 4.78 is 7.01. The van der Waals surface area contributed by atoms with Crippen molar-refractivity contribution >= 4 is 0 Å². The molecule has 0 unspecified atom stereocenters. The Hall–Kier alpha value is -3.28. The van der Waals surface area contributed by atoms with E-state index in [0.29, 0.717) is 17.4 Å². The van der Waals surface area contributed by atoms with Gasteiger partial charge in [0, 0.05) is 5.56 Å². The monoisotopic (exact) mass is 303 g/mol. The normalized spacial score (nSPS) is 10.8. The van der Waals surface area contributed by atoms with Crippen LogP contribution < -0.4 is 0 Å². The maximum absolute atomic E-state index is 5.31. The molecule has 6 heteroatoms. The van der Waals surface area contributed by atoms with Gasteiger partial charge in [-0.2, -0.15) is 4.98 Å². The molecule has 112 valence electrons. The standard InChI is InChI=1S/C17H13N5O/c1-12-7-5-6-10-15(12)22-11-14(19-21-22)17-18-16(20-23-17)13-8-3-2-4-9-13/h2-11H,1H3. The maximum atomic E-state index is 5.31. The summed E-state index contributed by atoms with van der Waals surface area (Å²) in [4.78, 5) is 4.39. The van der Waals surface area contributed by atoms with E-state index in [4.69, 9.17) is 4.52 Å². The molecular formula is C17H13N5O. The van der Waals surface area contributed by atoms with Crippen LogP contribution in [0.5, 0.6) is 0 Å². The first kappa shape index (κ1) is 13.4. The fraction of sp³-hybridized carbons (Fsp3) is 0.0588. The van der Waals surface area contributed by atoms with Gasteiger partial charge in [0.2, 0.25) is 5.82 Å². The van der Waals surface area contributed by atoms with Crippen molar-refractivity contribution in [3.05, 3.63) is 66.4 Å². The van der Waals surface area contributed by atoms with Gasteiger partial charge >= 0.3 is 0 Å². The third-order valence-corrected chi connectivity index (χ3v) is 3.53. The molecule has 23 heavy (non-hydrogen) atoms. The number of aryl methyl sites for hydroxylation is 1. The van der Waals surface area contributed by atoms with Gasteiger partial charge in [-0.1, -0.05) is 58.9 Å². The van der Waals surface area contributed by atoms with Gasteiger partial charge in [0.1, 0.15) is 0 Å². The van der Waals surface area contributed by atoms with Gasteiger partial charge in [-0.15, -0.1) is 5.10 Å². The molecule has 2 heterocycles. The van der Waals surface area contributed by atoms with E-state index in [2.05, 4.69) is 20.5 Å². The van der Waals surface area contributed by atoms with Crippen molar-refractivity contribution in [3.8, 4) is 28.7 Å². The molecule has 2 aromatic carbocycles. The van der Waals surface area contributed by atoms with Crippen molar-refractivity contribution in [1.29, 1.82) is 0 Å². The van der Waals surface area contributed by atoms with Crippen LogP contribution in [0.25, 0.3) is 28.7 Å². The first-order valence-corrected chi connectivity index (χ1v) is 7.19. The minimum Gasteiger partial charge on any atom is -0.332 e. The molecule has 2 aromatic heterocycles. The number of hydrogen-bond acceptors (Lipinski definition) is 5. The van der Waals surface area contributed by atoms with Crippen molar-refractivity contribution in [2.75, 3.05) is 0 Å². The summed E-state index contributed by atoms with van der Waals surface area (Å²) in [6.45, 7) is 2.02. The van der Waals surface area contributed by atoms with Crippen LogP contribution in [0.3, 0.4) is 0 Å². The number of aromatic nitrogens is 5. The lowest BCUT2D eigenvalue weighted by Gasteiger charge is -2.02. The highest BCUT2D eigenvalue weighted by Gasteiger charge is 2.14. The topological polar surface area (TPSA) is 69.6 Å². The van der Waals surface area contributed by atoms with Crippen molar-refractivity contribution in [2.24, 2.45) is 0 Å². The van der Waals surface area contributed by atoms with Gasteiger partial charge in [0.15, 0.2) is 5.69 Å². The van der Waals surface area contributed by atoms with Crippen LogP contribution in [0, 0.1) is 6.92 Å². The summed E-state index contributed by atoms with van der Waals surface area (Å²) >= 11 is 0. The Kier molecular flexibility index (Phi) is 3.20. The first-order chi connectivity index (χ1) is 11.3. The summed E-state index contributed by atoms with van der Waals surface area (Å²) in [7, 11) is 0. The number of para-hydroxylation sites is 1. The van der Waals surface area contributed by atoms with E-state index in [1.54, 1.807) is 10.9 Å². The molecule has 0 N–H and O–H groups in total. The molecule has 0 saturated heterocycles. The number of nitrogens with zero attached hydrogens (tertiary/aromatic N) is 5. The maximum Gasteiger partial charge on any atom is 0.280 e. The molecule has 0 aliphatic rings. The Bertz CT molecular complexity index is 942. The summed E-state index contributed by atoms with van der Waals surface area (Å²) in [5.41, 5.74) is 3.52. The second kappa shape index (κ2) is 5.49. The van der Waals surface area contributed by atoms with Gasteiger partial charge in [-0.05, 0) is 18.6 Å². The number of hydrogen-bond donors (Lipinski definition) is 0. The molecule has 0 saturated carbocycles. The lowest BCUT2D eigenvalue weighted by molar-refractivity contribution is 0.431. The van der Waals surface area contributed by atoms with E-state index in [1.165, 1.54) is 0 Å². The summed E-state index contributed by atoms with van der Waals surface area (Å²) in [6, 6.07) is 17.6. The number of benzene rings is 2. The van der Waals surface area contributed by atoms with Gasteiger partial charge in [-0.25, -0.2) is 4.68 Å². The van der Waals surface area contributed by atoms with Crippen LogP contribution in [0.4, 0.5) is 0 Å². The zero-order valence-corrected chi connectivity index (χ0v) is 12.4. The quantitative estimate of drug-likeness (QED) is 0.581. The molecule has 0 bridgehead atoms. The Balaban J connectivity index is 1.68. The minimum atomic E-state index is 0.351. The predicted octanol–water partition coefficient (Wildman–Crippen LogP) is 3.29. The largest absolute Gasteiger partial charge is 0.332 e. The summed E-state index contributed by atoms with van der Waals surface area (Å²) in [5.74, 6) is 0.884. The Morgan fingerprint density at radius 2 is 1.74 bits per heavy atom. The van der Waals surface area contributed by atoms with Crippen molar-refractivity contribution in [2.45, 2.75) is 6.92 Å².